The van der Waals surface area contributed by atoms with Crippen LogP contribution < -0.4 is 10.8 Å². The topological polar surface area (TPSA) is 59.6 Å². The van der Waals surface area contributed by atoms with E-state index in [0.717, 1.165) is 0 Å². The summed E-state index contributed by atoms with van der Waals surface area (Å²) in [5.41, 5.74) is 3.73. The van der Waals surface area contributed by atoms with Crippen molar-refractivity contribution in [2.24, 2.45) is 0 Å². The third-order valence-electron chi connectivity index (χ3n) is 3.89. The van der Waals surface area contributed by atoms with Crippen LogP contribution in [-0.2, 0) is 14.4 Å². The van der Waals surface area contributed by atoms with Gasteiger partial charge in [0, 0.05) is 12.5 Å². The Labute approximate surface area is 138 Å². The Balaban J connectivity index is 1.80. The fourth-order valence-electron chi connectivity index (χ4n) is 2.70. The molecule has 0 saturated carbocycles. The Hall–Kier alpha value is -2.25. The van der Waals surface area contributed by atoms with Crippen LogP contribution in [0.25, 0.3) is 5.57 Å². The Morgan fingerprint density at radius 1 is 1.38 bits per heavy atom. The fourth-order valence-corrected chi connectivity index (χ4v) is 2.70. The first-order valence-corrected chi connectivity index (χ1v) is 7.68. The van der Waals surface area contributed by atoms with E-state index in [9.17, 15) is 13.6 Å². The molecular weight excluding hydrogens is 318 g/mol. The van der Waals surface area contributed by atoms with Crippen molar-refractivity contribution in [3.05, 3.63) is 52.8 Å². The molecule has 0 bridgehead atoms. The molecule has 5 nitrogen and oxygen atoms in total. The number of hydroxylamine groups is 1. The molecule has 0 fully saturated rings. The number of carbonyl (C=O) groups is 1. The number of amides is 1. The molecule has 2 heterocycles. The van der Waals surface area contributed by atoms with E-state index in [0.29, 0.717) is 36.5 Å². The molecule has 1 aromatic carbocycles. The van der Waals surface area contributed by atoms with Crippen LogP contribution >= 0.6 is 0 Å². The van der Waals surface area contributed by atoms with Crippen LogP contribution in [0.15, 0.2) is 30.0 Å². The van der Waals surface area contributed by atoms with Crippen molar-refractivity contribution in [3.8, 4) is 0 Å². The zero-order chi connectivity index (χ0) is 17.1. The molecule has 0 spiro atoms. The van der Waals surface area contributed by atoms with Crippen molar-refractivity contribution < 1.29 is 23.1 Å². The maximum Gasteiger partial charge on any atom is 0.217 e. The lowest BCUT2D eigenvalue weighted by molar-refractivity contribution is -0.119. The van der Waals surface area contributed by atoms with Gasteiger partial charge in [0.25, 0.3) is 0 Å². The number of hydrogen-bond acceptors (Lipinski definition) is 4. The molecule has 7 heteroatoms. The zero-order valence-corrected chi connectivity index (χ0v) is 13.2. The van der Waals surface area contributed by atoms with Gasteiger partial charge in [0.05, 0.1) is 25.8 Å². The van der Waals surface area contributed by atoms with E-state index < -0.39 is 17.7 Å². The summed E-state index contributed by atoms with van der Waals surface area (Å²) in [6.07, 6.45) is 3.86. The van der Waals surface area contributed by atoms with Crippen LogP contribution in [-0.4, -0.2) is 25.7 Å². The minimum atomic E-state index is -0.608. The number of nitrogens with one attached hydrogen (secondary N) is 2. The van der Waals surface area contributed by atoms with E-state index >= 15 is 0 Å². The highest BCUT2D eigenvalue weighted by molar-refractivity contribution is 5.73. The third kappa shape index (κ3) is 3.63. The summed E-state index contributed by atoms with van der Waals surface area (Å²) in [6.45, 7) is 2.44. The molecule has 128 valence electrons. The predicted octanol–water partition coefficient (Wildman–Crippen LogP) is 2.36. The minimum Gasteiger partial charge on any atom is -0.411 e. The number of ether oxygens (including phenoxy) is 1. The van der Waals surface area contributed by atoms with Gasteiger partial charge >= 0.3 is 0 Å². The highest BCUT2D eigenvalue weighted by Crippen LogP contribution is 2.31. The van der Waals surface area contributed by atoms with Crippen molar-refractivity contribution >= 4 is 11.5 Å². The van der Waals surface area contributed by atoms with E-state index in [-0.39, 0.29) is 18.0 Å². The van der Waals surface area contributed by atoms with E-state index in [2.05, 4.69) is 10.8 Å². The molecule has 0 aliphatic carbocycles. The van der Waals surface area contributed by atoms with E-state index in [1.54, 1.807) is 12.2 Å². The average Bonchev–Trinajstić information content (AvgIpc) is 3.02. The van der Waals surface area contributed by atoms with Crippen molar-refractivity contribution in [2.75, 3.05) is 19.8 Å². The summed E-state index contributed by atoms with van der Waals surface area (Å²) in [6, 6.07) is 2.12. The van der Waals surface area contributed by atoms with Gasteiger partial charge in [-0.1, -0.05) is 6.08 Å². The second kappa shape index (κ2) is 7.11. The smallest absolute Gasteiger partial charge is 0.217 e. The van der Waals surface area contributed by atoms with Gasteiger partial charge in [0.15, 0.2) is 0 Å². The van der Waals surface area contributed by atoms with E-state index in [4.69, 9.17) is 9.57 Å². The van der Waals surface area contributed by atoms with E-state index in [1.807, 2.05) is 0 Å². The van der Waals surface area contributed by atoms with Gasteiger partial charge in [-0.25, -0.2) is 8.78 Å². The van der Waals surface area contributed by atoms with Crippen LogP contribution in [0.2, 0.25) is 0 Å². The predicted molar refractivity (Wildman–Crippen MR) is 83.5 cm³/mol. The second-order valence-electron chi connectivity index (χ2n) is 5.65. The van der Waals surface area contributed by atoms with Crippen LogP contribution in [0.3, 0.4) is 0 Å². The molecule has 0 radical (unpaired) electrons. The summed E-state index contributed by atoms with van der Waals surface area (Å²) in [7, 11) is 0. The minimum absolute atomic E-state index is 0.00316. The Kier molecular flexibility index (Phi) is 4.92. The van der Waals surface area contributed by atoms with Crippen LogP contribution in [0.5, 0.6) is 0 Å². The molecule has 1 atom stereocenters. The number of rotatable bonds is 4. The van der Waals surface area contributed by atoms with Gasteiger partial charge in [-0.05, 0) is 35.8 Å². The highest BCUT2D eigenvalue weighted by Gasteiger charge is 2.23. The molecular formula is C17H18F2N2O3. The molecule has 24 heavy (non-hydrogen) atoms. The maximum absolute atomic E-state index is 14.4. The van der Waals surface area contributed by atoms with Crippen LogP contribution in [0.1, 0.15) is 30.5 Å². The zero-order valence-electron chi connectivity index (χ0n) is 13.2. The van der Waals surface area contributed by atoms with Crippen molar-refractivity contribution in [1.29, 1.82) is 0 Å². The molecule has 1 amide bonds. The fraction of sp³-hybridized carbons (Fsp3) is 0.353. The van der Waals surface area contributed by atoms with Gasteiger partial charge in [0.1, 0.15) is 17.4 Å². The first-order chi connectivity index (χ1) is 11.5. The van der Waals surface area contributed by atoms with Gasteiger partial charge in [0.2, 0.25) is 5.91 Å². The Morgan fingerprint density at radius 2 is 2.12 bits per heavy atom. The van der Waals surface area contributed by atoms with E-state index in [1.165, 1.54) is 19.1 Å². The lowest BCUT2D eigenvalue weighted by atomic mass is 9.96. The number of halogens is 2. The Bertz CT molecular complexity index is 693. The molecule has 3 rings (SSSR count). The Morgan fingerprint density at radius 3 is 2.75 bits per heavy atom. The van der Waals surface area contributed by atoms with Gasteiger partial charge in [-0.15, -0.1) is 5.48 Å². The monoisotopic (exact) mass is 336 g/mol. The van der Waals surface area contributed by atoms with Gasteiger partial charge < -0.3 is 14.9 Å². The summed E-state index contributed by atoms with van der Waals surface area (Å²) in [4.78, 5) is 16.1. The maximum atomic E-state index is 14.4. The molecule has 0 saturated heterocycles. The quantitative estimate of drug-likeness (QED) is 0.886. The first kappa shape index (κ1) is 16.6. The van der Waals surface area contributed by atoms with Gasteiger partial charge in [-0.3, -0.25) is 4.79 Å². The molecule has 0 aromatic heterocycles. The summed E-state index contributed by atoms with van der Waals surface area (Å²) < 4.78 is 34.0. The summed E-state index contributed by atoms with van der Waals surface area (Å²) >= 11 is 0. The highest BCUT2D eigenvalue weighted by atomic mass is 19.1. The molecule has 2 N–H and O–H groups in total. The molecule has 1 unspecified atom stereocenters. The SMILES string of the molecule is CC(=O)NCC1=CC(c2cc(F)c(C3=CCOCC3)c(F)c2)NO1. The average molecular weight is 336 g/mol. The lowest BCUT2D eigenvalue weighted by Gasteiger charge is -2.17. The molecule has 2 aliphatic heterocycles. The molecule has 1 aromatic rings. The first-order valence-electron chi connectivity index (χ1n) is 7.68. The normalized spacial score (nSPS) is 20.2. The number of hydrogen-bond donors (Lipinski definition) is 2. The van der Waals surface area contributed by atoms with Crippen molar-refractivity contribution in [3.63, 3.8) is 0 Å². The number of carbonyl (C=O) groups excluding carboxylic acids is 1. The largest absolute Gasteiger partial charge is 0.411 e. The van der Waals surface area contributed by atoms with Crippen LogP contribution in [0, 0.1) is 11.6 Å². The van der Waals surface area contributed by atoms with Crippen molar-refractivity contribution in [2.45, 2.75) is 19.4 Å². The molecule has 2 aliphatic rings. The second-order valence-corrected chi connectivity index (χ2v) is 5.65. The standard InChI is InChI=1S/C17H18F2N2O3/c1-10(22)20-9-13-8-16(21-24-13)12-6-14(18)17(15(19)7-12)11-2-4-23-5-3-11/h2,6-8,16,21H,3-5,9H2,1H3,(H,20,22). The lowest BCUT2D eigenvalue weighted by Crippen LogP contribution is -2.23. The van der Waals surface area contributed by atoms with Crippen LogP contribution in [0.4, 0.5) is 8.78 Å². The van der Waals surface area contributed by atoms with Crippen molar-refractivity contribution in [1.82, 2.24) is 10.8 Å². The third-order valence-corrected chi connectivity index (χ3v) is 3.89. The van der Waals surface area contributed by atoms with Gasteiger partial charge in [-0.2, -0.15) is 0 Å². The summed E-state index contributed by atoms with van der Waals surface area (Å²) in [5, 5.41) is 2.59. The summed E-state index contributed by atoms with van der Waals surface area (Å²) in [5.74, 6) is -0.909. The number of benzene rings is 1.